The number of rotatable bonds is 9. The molecular formula is C15H24FNO2. The lowest BCUT2D eigenvalue weighted by Gasteiger charge is -2.21. The molecular weight excluding hydrogens is 245 g/mol. The van der Waals surface area contributed by atoms with Crippen molar-refractivity contribution < 1.29 is 13.9 Å². The Morgan fingerprint density at radius 1 is 1.26 bits per heavy atom. The lowest BCUT2D eigenvalue weighted by molar-refractivity contribution is 0.110. The third-order valence-corrected chi connectivity index (χ3v) is 2.86. The normalized spacial score (nSPS) is 12.4. The third-order valence-electron chi connectivity index (χ3n) is 2.86. The van der Waals surface area contributed by atoms with Crippen LogP contribution in [0.4, 0.5) is 4.39 Å². The topological polar surface area (TPSA) is 30.5 Å². The second-order valence-corrected chi connectivity index (χ2v) is 4.44. The summed E-state index contributed by atoms with van der Waals surface area (Å²) in [6, 6.07) is 4.71. The highest BCUT2D eigenvalue weighted by Crippen LogP contribution is 2.28. The van der Waals surface area contributed by atoms with E-state index in [9.17, 15) is 4.39 Å². The van der Waals surface area contributed by atoms with E-state index in [1.54, 1.807) is 19.2 Å². The standard InChI is InChI=1S/C15H24FNO2/c1-4-9-17-13(11-19-10-5-2)15-12(16)7-6-8-14(15)18-3/h6-8,13,17H,4-5,9-11H2,1-3H3. The Bertz CT molecular complexity index is 371. The third kappa shape index (κ3) is 4.80. The zero-order chi connectivity index (χ0) is 14.1. The van der Waals surface area contributed by atoms with Gasteiger partial charge in [0.2, 0.25) is 0 Å². The van der Waals surface area contributed by atoms with Crippen LogP contribution in [0.1, 0.15) is 38.3 Å². The molecule has 1 N–H and O–H groups in total. The van der Waals surface area contributed by atoms with E-state index in [1.807, 2.05) is 0 Å². The van der Waals surface area contributed by atoms with Crippen LogP contribution in [-0.4, -0.2) is 26.9 Å². The molecule has 0 aliphatic carbocycles. The Labute approximate surface area is 115 Å². The van der Waals surface area contributed by atoms with Crippen molar-refractivity contribution in [2.75, 3.05) is 26.9 Å². The average Bonchev–Trinajstić information content (AvgIpc) is 2.43. The predicted molar refractivity (Wildman–Crippen MR) is 75.1 cm³/mol. The van der Waals surface area contributed by atoms with Gasteiger partial charge in [-0.3, -0.25) is 0 Å². The molecule has 0 aliphatic rings. The van der Waals surface area contributed by atoms with Crippen LogP contribution in [0, 0.1) is 5.82 Å². The van der Waals surface area contributed by atoms with E-state index in [2.05, 4.69) is 19.2 Å². The lowest BCUT2D eigenvalue weighted by Crippen LogP contribution is -2.27. The molecule has 0 heterocycles. The van der Waals surface area contributed by atoms with Crippen LogP contribution in [0.3, 0.4) is 0 Å². The minimum atomic E-state index is -0.256. The molecule has 4 heteroatoms. The van der Waals surface area contributed by atoms with Crippen LogP contribution in [0.2, 0.25) is 0 Å². The van der Waals surface area contributed by atoms with E-state index in [-0.39, 0.29) is 11.9 Å². The van der Waals surface area contributed by atoms with Gasteiger partial charge >= 0.3 is 0 Å². The quantitative estimate of drug-likeness (QED) is 0.698. The van der Waals surface area contributed by atoms with E-state index in [1.165, 1.54) is 6.07 Å². The molecule has 0 aromatic heterocycles. The second-order valence-electron chi connectivity index (χ2n) is 4.44. The number of halogens is 1. The first kappa shape index (κ1) is 15.9. The summed E-state index contributed by atoms with van der Waals surface area (Å²) in [5.74, 6) is 0.307. The van der Waals surface area contributed by atoms with Gasteiger partial charge in [-0.25, -0.2) is 4.39 Å². The summed E-state index contributed by atoms with van der Waals surface area (Å²) in [5.41, 5.74) is 0.551. The van der Waals surface area contributed by atoms with Crippen LogP contribution in [0.5, 0.6) is 5.75 Å². The Morgan fingerprint density at radius 2 is 2.05 bits per heavy atom. The molecule has 0 saturated carbocycles. The molecule has 0 saturated heterocycles. The molecule has 0 fully saturated rings. The fourth-order valence-electron chi connectivity index (χ4n) is 1.94. The van der Waals surface area contributed by atoms with Gasteiger partial charge in [0.25, 0.3) is 0 Å². The first-order valence-electron chi connectivity index (χ1n) is 6.88. The summed E-state index contributed by atoms with van der Waals surface area (Å²) in [5, 5.41) is 3.32. The van der Waals surface area contributed by atoms with Gasteiger partial charge in [-0.2, -0.15) is 0 Å². The van der Waals surface area contributed by atoms with Gasteiger partial charge < -0.3 is 14.8 Å². The molecule has 3 nitrogen and oxygen atoms in total. The molecule has 1 unspecified atom stereocenters. The van der Waals surface area contributed by atoms with Crippen LogP contribution < -0.4 is 10.1 Å². The largest absolute Gasteiger partial charge is 0.496 e. The minimum absolute atomic E-state index is 0.178. The Morgan fingerprint density at radius 3 is 2.68 bits per heavy atom. The van der Waals surface area contributed by atoms with Gasteiger partial charge in [-0.15, -0.1) is 0 Å². The molecule has 1 aromatic rings. The number of nitrogens with one attached hydrogen (secondary N) is 1. The molecule has 1 aromatic carbocycles. The summed E-state index contributed by atoms with van der Waals surface area (Å²) >= 11 is 0. The molecule has 0 spiro atoms. The van der Waals surface area contributed by atoms with Crippen molar-refractivity contribution in [1.82, 2.24) is 5.32 Å². The molecule has 0 radical (unpaired) electrons. The van der Waals surface area contributed by atoms with Crippen LogP contribution >= 0.6 is 0 Å². The predicted octanol–water partition coefficient (Wildman–Crippen LogP) is 3.30. The first-order chi connectivity index (χ1) is 9.24. The van der Waals surface area contributed by atoms with Crippen molar-refractivity contribution in [3.8, 4) is 5.75 Å². The fraction of sp³-hybridized carbons (Fsp3) is 0.600. The number of hydrogen-bond donors (Lipinski definition) is 1. The van der Waals surface area contributed by atoms with Crippen LogP contribution in [0.25, 0.3) is 0 Å². The summed E-state index contributed by atoms with van der Waals surface area (Å²) in [7, 11) is 1.56. The van der Waals surface area contributed by atoms with Gasteiger partial charge in [0.05, 0.1) is 19.8 Å². The van der Waals surface area contributed by atoms with Crippen LogP contribution in [-0.2, 0) is 4.74 Å². The Kier molecular flexibility index (Phi) is 7.45. The summed E-state index contributed by atoms with van der Waals surface area (Å²) < 4.78 is 24.9. The van der Waals surface area contributed by atoms with E-state index in [0.717, 1.165) is 19.4 Å². The number of hydrogen-bond acceptors (Lipinski definition) is 3. The second kappa shape index (κ2) is 8.88. The zero-order valence-electron chi connectivity index (χ0n) is 12.0. The van der Waals surface area contributed by atoms with Crippen molar-refractivity contribution in [3.05, 3.63) is 29.6 Å². The molecule has 19 heavy (non-hydrogen) atoms. The van der Waals surface area contributed by atoms with E-state index in [0.29, 0.717) is 24.5 Å². The Hall–Kier alpha value is -1.13. The first-order valence-corrected chi connectivity index (χ1v) is 6.88. The lowest BCUT2D eigenvalue weighted by atomic mass is 10.1. The van der Waals surface area contributed by atoms with Gasteiger partial charge in [-0.1, -0.05) is 19.9 Å². The minimum Gasteiger partial charge on any atom is -0.496 e. The van der Waals surface area contributed by atoms with E-state index in [4.69, 9.17) is 9.47 Å². The molecule has 0 amide bonds. The average molecular weight is 269 g/mol. The van der Waals surface area contributed by atoms with E-state index >= 15 is 0 Å². The van der Waals surface area contributed by atoms with Crippen molar-refractivity contribution in [3.63, 3.8) is 0 Å². The van der Waals surface area contributed by atoms with Crippen molar-refractivity contribution in [2.45, 2.75) is 32.7 Å². The molecule has 0 bridgehead atoms. The van der Waals surface area contributed by atoms with E-state index < -0.39 is 0 Å². The number of methoxy groups -OCH3 is 1. The van der Waals surface area contributed by atoms with Gasteiger partial charge in [-0.05, 0) is 31.5 Å². The summed E-state index contributed by atoms with van der Waals surface area (Å²) in [6.07, 6.45) is 1.94. The summed E-state index contributed by atoms with van der Waals surface area (Å²) in [6.45, 7) is 6.08. The monoisotopic (exact) mass is 269 g/mol. The van der Waals surface area contributed by atoms with Crippen molar-refractivity contribution in [1.29, 1.82) is 0 Å². The highest BCUT2D eigenvalue weighted by Gasteiger charge is 2.20. The van der Waals surface area contributed by atoms with Gasteiger partial charge in [0, 0.05) is 12.2 Å². The maximum absolute atomic E-state index is 14.0. The van der Waals surface area contributed by atoms with Gasteiger partial charge in [0.1, 0.15) is 11.6 Å². The maximum atomic E-state index is 14.0. The number of benzene rings is 1. The smallest absolute Gasteiger partial charge is 0.131 e. The molecule has 1 atom stereocenters. The SMILES string of the molecule is CCCNC(COCCC)c1c(F)cccc1OC. The summed E-state index contributed by atoms with van der Waals surface area (Å²) in [4.78, 5) is 0. The molecule has 1 rings (SSSR count). The zero-order valence-corrected chi connectivity index (χ0v) is 12.0. The fourth-order valence-corrected chi connectivity index (χ4v) is 1.94. The maximum Gasteiger partial charge on any atom is 0.131 e. The highest BCUT2D eigenvalue weighted by molar-refractivity contribution is 5.37. The highest BCUT2D eigenvalue weighted by atomic mass is 19.1. The molecule has 0 aliphatic heterocycles. The number of ether oxygens (including phenoxy) is 2. The van der Waals surface area contributed by atoms with Crippen LogP contribution in [0.15, 0.2) is 18.2 Å². The van der Waals surface area contributed by atoms with Crippen molar-refractivity contribution in [2.24, 2.45) is 0 Å². The van der Waals surface area contributed by atoms with Gasteiger partial charge in [0.15, 0.2) is 0 Å². The van der Waals surface area contributed by atoms with Crippen molar-refractivity contribution >= 4 is 0 Å². The Balaban J connectivity index is 2.88. The molecule has 108 valence electrons.